The van der Waals surface area contributed by atoms with Crippen LogP contribution in [0.2, 0.25) is 0 Å². The van der Waals surface area contributed by atoms with E-state index in [0.717, 1.165) is 12.1 Å². The van der Waals surface area contributed by atoms with Crippen LogP contribution in [0.5, 0.6) is 0 Å². The predicted octanol–water partition coefficient (Wildman–Crippen LogP) is 4.86. The van der Waals surface area contributed by atoms with E-state index >= 15 is 0 Å². The fourth-order valence-electron chi connectivity index (χ4n) is 2.11. The average Bonchev–Trinajstić information content (AvgIpc) is 2.40. The van der Waals surface area contributed by atoms with Gasteiger partial charge in [-0.2, -0.15) is 5.26 Å². The summed E-state index contributed by atoms with van der Waals surface area (Å²) in [5.41, 5.74) is 0.916. The normalized spacial score (nSPS) is 11.9. The first-order valence-electron chi connectivity index (χ1n) is 7.13. The number of benzene rings is 1. The van der Waals surface area contributed by atoms with E-state index < -0.39 is 5.82 Å². The average molecular weight is 262 g/mol. The highest BCUT2D eigenvalue weighted by molar-refractivity contribution is 5.50. The van der Waals surface area contributed by atoms with Gasteiger partial charge in [-0.15, -0.1) is 0 Å². The number of unbranched alkanes of at least 4 members (excludes halogenated alkanes) is 4. The van der Waals surface area contributed by atoms with Crippen molar-refractivity contribution in [1.82, 2.24) is 0 Å². The minimum atomic E-state index is -0.458. The Balaban J connectivity index is 2.36. The summed E-state index contributed by atoms with van der Waals surface area (Å²) in [7, 11) is 0. The van der Waals surface area contributed by atoms with Crippen molar-refractivity contribution in [3.63, 3.8) is 0 Å². The van der Waals surface area contributed by atoms with Gasteiger partial charge in [0.15, 0.2) is 0 Å². The number of halogens is 1. The second-order valence-corrected chi connectivity index (χ2v) is 5.05. The third-order valence-electron chi connectivity index (χ3n) is 3.24. The summed E-state index contributed by atoms with van der Waals surface area (Å²) in [6.07, 6.45) is 7.46. The fraction of sp³-hybridized carbons (Fsp3) is 0.562. The molecule has 3 heteroatoms. The van der Waals surface area contributed by atoms with Crippen LogP contribution in [0.3, 0.4) is 0 Å². The molecule has 0 aliphatic carbocycles. The quantitative estimate of drug-likeness (QED) is 0.679. The molecule has 19 heavy (non-hydrogen) atoms. The molecule has 0 amide bonds. The maximum Gasteiger partial charge on any atom is 0.141 e. The molecule has 1 unspecified atom stereocenters. The summed E-state index contributed by atoms with van der Waals surface area (Å²) in [6, 6.07) is 6.80. The largest absolute Gasteiger partial charge is 0.383 e. The van der Waals surface area contributed by atoms with Crippen molar-refractivity contribution in [2.24, 2.45) is 0 Å². The van der Waals surface area contributed by atoms with Gasteiger partial charge < -0.3 is 5.32 Å². The molecule has 2 nitrogen and oxygen atoms in total. The number of rotatable bonds is 8. The van der Waals surface area contributed by atoms with E-state index in [1.807, 2.05) is 6.07 Å². The van der Waals surface area contributed by atoms with E-state index in [0.29, 0.717) is 6.04 Å². The molecule has 0 aromatic heterocycles. The van der Waals surface area contributed by atoms with Gasteiger partial charge in [-0.25, -0.2) is 4.39 Å². The molecular formula is C16H23FN2. The number of anilines is 1. The third-order valence-corrected chi connectivity index (χ3v) is 3.24. The Hall–Kier alpha value is -1.56. The molecule has 0 bridgehead atoms. The predicted molar refractivity (Wildman–Crippen MR) is 77.6 cm³/mol. The van der Waals surface area contributed by atoms with E-state index in [2.05, 4.69) is 19.2 Å². The number of hydrogen-bond donors (Lipinski definition) is 1. The van der Waals surface area contributed by atoms with Crippen molar-refractivity contribution in [3.05, 3.63) is 29.6 Å². The fourth-order valence-corrected chi connectivity index (χ4v) is 2.11. The van der Waals surface area contributed by atoms with Crippen LogP contribution in [-0.4, -0.2) is 6.04 Å². The molecule has 1 rings (SSSR count). The van der Waals surface area contributed by atoms with Gasteiger partial charge in [0.1, 0.15) is 11.9 Å². The Kier molecular flexibility index (Phi) is 6.95. The van der Waals surface area contributed by atoms with Crippen molar-refractivity contribution in [3.8, 4) is 6.07 Å². The van der Waals surface area contributed by atoms with Crippen LogP contribution in [0.25, 0.3) is 0 Å². The summed E-state index contributed by atoms with van der Waals surface area (Å²) in [5.74, 6) is -0.458. The monoisotopic (exact) mass is 262 g/mol. The molecule has 0 saturated carbocycles. The minimum Gasteiger partial charge on any atom is -0.383 e. The maximum atomic E-state index is 13.2. The zero-order chi connectivity index (χ0) is 14.1. The molecule has 1 aromatic rings. The van der Waals surface area contributed by atoms with Gasteiger partial charge in [0.2, 0.25) is 0 Å². The Labute approximate surface area is 115 Å². The number of nitrogens with one attached hydrogen (secondary N) is 1. The van der Waals surface area contributed by atoms with Crippen molar-refractivity contribution in [2.45, 2.75) is 58.4 Å². The van der Waals surface area contributed by atoms with Gasteiger partial charge in [0, 0.05) is 11.7 Å². The van der Waals surface area contributed by atoms with E-state index in [4.69, 9.17) is 5.26 Å². The van der Waals surface area contributed by atoms with E-state index in [1.165, 1.54) is 38.2 Å². The zero-order valence-corrected chi connectivity index (χ0v) is 11.9. The number of nitriles is 1. The SMILES string of the molecule is CCCCCCCC(C)Nc1ccc(F)c(C#N)c1. The van der Waals surface area contributed by atoms with Crippen molar-refractivity contribution in [2.75, 3.05) is 5.32 Å². The Morgan fingerprint density at radius 1 is 1.26 bits per heavy atom. The van der Waals surface area contributed by atoms with Gasteiger partial charge >= 0.3 is 0 Å². The molecule has 0 fully saturated rings. The highest BCUT2D eigenvalue weighted by atomic mass is 19.1. The summed E-state index contributed by atoms with van der Waals surface area (Å²) < 4.78 is 13.2. The summed E-state index contributed by atoms with van der Waals surface area (Å²) in [6.45, 7) is 4.33. The van der Waals surface area contributed by atoms with Gasteiger partial charge in [-0.1, -0.05) is 39.0 Å². The number of hydrogen-bond acceptors (Lipinski definition) is 2. The zero-order valence-electron chi connectivity index (χ0n) is 11.9. The lowest BCUT2D eigenvalue weighted by atomic mass is 10.1. The molecule has 0 saturated heterocycles. The van der Waals surface area contributed by atoms with Crippen LogP contribution in [0, 0.1) is 17.1 Å². The van der Waals surface area contributed by atoms with Gasteiger partial charge in [0.25, 0.3) is 0 Å². The van der Waals surface area contributed by atoms with Crippen LogP contribution in [0.1, 0.15) is 57.9 Å². The van der Waals surface area contributed by atoms with Crippen molar-refractivity contribution < 1.29 is 4.39 Å². The van der Waals surface area contributed by atoms with Crippen LogP contribution >= 0.6 is 0 Å². The minimum absolute atomic E-state index is 0.0974. The summed E-state index contributed by atoms with van der Waals surface area (Å²) in [5, 5.41) is 12.1. The first-order valence-corrected chi connectivity index (χ1v) is 7.13. The summed E-state index contributed by atoms with van der Waals surface area (Å²) >= 11 is 0. The van der Waals surface area contributed by atoms with Crippen LogP contribution < -0.4 is 5.32 Å². The molecule has 104 valence electrons. The highest BCUT2D eigenvalue weighted by Gasteiger charge is 2.05. The van der Waals surface area contributed by atoms with Crippen LogP contribution in [-0.2, 0) is 0 Å². The topological polar surface area (TPSA) is 35.8 Å². The molecule has 0 heterocycles. The van der Waals surface area contributed by atoms with Gasteiger partial charge in [-0.3, -0.25) is 0 Å². The van der Waals surface area contributed by atoms with Crippen molar-refractivity contribution >= 4 is 5.69 Å². The highest BCUT2D eigenvalue weighted by Crippen LogP contribution is 2.16. The van der Waals surface area contributed by atoms with E-state index in [1.54, 1.807) is 12.1 Å². The maximum absolute atomic E-state index is 13.2. The molecule has 1 aromatic carbocycles. The van der Waals surface area contributed by atoms with E-state index in [9.17, 15) is 4.39 Å². The Morgan fingerprint density at radius 3 is 2.68 bits per heavy atom. The van der Waals surface area contributed by atoms with Gasteiger partial charge in [0.05, 0.1) is 5.56 Å². The third kappa shape index (κ3) is 5.74. The second-order valence-electron chi connectivity index (χ2n) is 5.05. The van der Waals surface area contributed by atoms with Crippen molar-refractivity contribution in [1.29, 1.82) is 5.26 Å². The second kappa shape index (κ2) is 8.53. The molecule has 0 radical (unpaired) electrons. The molecule has 0 spiro atoms. The van der Waals surface area contributed by atoms with Gasteiger partial charge in [-0.05, 0) is 31.5 Å². The molecule has 1 N–H and O–H groups in total. The standard InChI is InChI=1S/C16H23FN2/c1-3-4-5-6-7-8-13(2)19-15-9-10-16(17)14(11-15)12-18/h9-11,13,19H,3-8H2,1-2H3. The molecule has 1 atom stereocenters. The first-order chi connectivity index (χ1) is 9.17. The molecule has 0 aliphatic heterocycles. The van der Waals surface area contributed by atoms with E-state index in [-0.39, 0.29) is 5.56 Å². The summed E-state index contributed by atoms with van der Waals surface area (Å²) in [4.78, 5) is 0. The van der Waals surface area contributed by atoms with Crippen LogP contribution in [0.4, 0.5) is 10.1 Å². The van der Waals surface area contributed by atoms with Crippen LogP contribution in [0.15, 0.2) is 18.2 Å². The lowest BCUT2D eigenvalue weighted by Crippen LogP contribution is -2.15. The Morgan fingerprint density at radius 2 is 2.00 bits per heavy atom. The molecule has 0 aliphatic rings. The lowest BCUT2D eigenvalue weighted by Gasteiger charge is -2.15. The Bertz CT molecular complexity index is 423. The number of nitrogens with zero attached hydrogens (tertiary/aromatic N) is 1. The molecular weight excluding hydrogens is 239 g/mol. The smallest absolute Gasteiger partial charge is 0.141 e. The first kappa shape index (κ1) is 15.5. The lowest BCUT2D eigenvalue weighted by molar-refractivity contribution is 0.578.